The van der Waals surface area contributed by atoms with Crippen LogP contribution in [0.5, 0.6) is 0 Å². The molecule has 1 atom stereocenters. The first-order valence-corrected chi connectivity index (χ1v) is 4.45. The molecule has 0 aliphatic heterocycles. The lowest BCUT2D eigenvalue weighted by molar-refractivity contribution is 0.658. The molecule has 14 heavy (non-hydrogen) atoms. The van der Waals surface area contributed by atoms with E-state index in [1.54, 1.807) is 24.3 Å². The Hall–Kier alpha value is -1.84. The second kappa shape index (κ2) is 5.01. The fourth-order valence-electron chi connectivity index (χ4n) is 1.19. The van der Waals surface area contributed by atoms with Crippen LogP contribution >= 0.6 is 0 Å². The Labute approximate surface area is 83.6 Å². The molecule has 0 heterocycles. The van der Waals surface area contributed by atoms with E-state index < -0.39 is 0 Å². The van der Waals surface area contributed by atoms with Crippen molar-refractivity contribution in [3.63, 3.8) is 0 Å². The first-order chi connectivity index (χ1) is 6.81. The van der Waals surface area contributed by atoms with Crippen LogP contribution in [0.1, 0.15) is 24.1 Å². The zero-order valence-corrected chi connectivity index (χ0v) is 7.99. The van der Waals surface area contributed by atoms with Gasteiger partial charge in [-0.3, -0.25) is 5.32 Å². The van der Waals surface area contributed by atoms with Crippen molar-refractivity contribution in [2.45, 2.75) is 13.0 Å². The third kappa shape index (κ3) is 2.32. The average molecular weight is 185 g/mol. The number of nitrogens with one attached hydrogen (secondary N) is 1. The summed E-state index contributed by atoms with van der Waals surface area (Å²) in [7, 11) is 0. The van der Waals surface area contributed by atoms with E-state index in [2.05, 4.69) is 11.4 Å². The summed E-state index contributed by atoms with van der Waals surface area (Å²) in [6, 6.07) is 11.0. The minimum absolute atomic E-state index is 0.284. The van der Waals surface area contributed by atoms with Crippen LogP contribution in [0.4, 0.5) is 0 Å². The van der Waals surface area contributed by atoms with E-state index in [9.17, 15) is 0 Å². The van der Waals surface area contributed by atoms with E-state index in [4.69, 9.17) is 10.5 Å². The molecule has 0 amide bonds. The van der Waals surface area contributed by atoms with Gasteiger partial charge in [-0.2, -0.15) is 10.5 Å². The molecule has 0 aromatic heterocycles. The Balaban J connectivity index is 2.86. The van der Waals surface area contributed by atoms with Gasteiger partial charge in [0, 0.05) is 0 Å². The molecule has 0 aliphatic carbocycles. The number of nitrogens with zero attached hydrogens (tertiary/aromatic N) is 2. The molecule has 1 aromatic rings. The molecule has 0 aliphatic rings. The molecular weight excluding hydrogens is 174 g/mol. The second-order valence-electron chi connectivity index (χ2n) is 2.85. The molecule has 3 heteroatoms. The summed E-state index contributed by atoms with van der Waals surface area (Å²) in [6.45, 7) is 2.70. The minimum atomic E-state index is -0.284. The fraction of sp³-hybridized carbons (Fsp3) is 0.273. The van der Waals surface area contributed by atoms with Crippen LogP contribution in [-0.2, 0) is 0 Å². The van der Waals surface area contributed by atoms with Gasteiger partial charge < -0.3 is 0 Å². The van der Waals surface area contributed by atoms with Crippen molar-refractivity contribution in [3.05, 3.63) is 35.4 Å². The van der Waals surface area contributed by atoms with Crippen molar-refractivity contribution in [3.8, 4) is 12.1 Å². The van der Waals surface area contributed by atoms with Crippen molar-refractivity contribution >= 4 is 0 Å². The van der Waals surface area contributed by atoms with Gasteiger partial charge in [-0.05, 0) is 24.2 Å². The Morgan fingerprint density at radius 1 is 1.29 bits per heavy atom. The maximum atomic E-state index is 8.86. The van der Waals surface area contributed by atoms with E-state index in [0.717, 1.165) is 12.1 Å². The van der Waals surface area contributed by atoms with E-state index in [1.807, 2.05) is 13.0 Å². The van der Waals surface area contributed by atoms with Crippen LogP contribution in [0.3, 0.4) is 0 Å². The standard InChI is InChI=1S/C11H11N3/c1-2-14-11(8-13)10-5-3-9(7-12)4-6-10/h3-6,11,14H,2H2,1H3. The summed E-state index contributed by atoms with van der Waals surface area (Å²) in [4.78, 5) is 0. The molecule has 1 rings (SSSR count). The number of benzene rings is 1. The van der Waals surface area contributed by atoms with Gasteiger partial charge in [0.25, 0.3) is 0 Å². The number of rotatable bonds is 3. The van der Waals surface area contributed by atoms with Crippen molar-refractivity contribution in [1.29, 1.82) is 10.5 Å². The van der Waals surface area contributed by atoms with Crippen molar-refractivity contribution in [2.24, 2.45) is 0 Å². The molecule has 0 spiro atoms. The van der Waals surface area contributed by atoms with Crippen LogP contribution in [0.15, 0.2) is 24.3 Å². The number of nitriles is 2. The summed E-state index contributed by atoms with van der Waals surface area (Å²) in [5, 5.41) is 20.5. The van der Waals surface area contributed by atoms with Gasteiger partial charge >= 0.3 is 0 Å². The second-order valence-corrected chi connectivity index (χ2v) is 2.85. The van der Waals surface area contributed by atoms with Gasteiger partial charge in [0.2, 0.25) is 0 Å². The van der Waals surface area contributed by atoms with E-state index in [1.165, 1.54) is 0 Å². The highest BCUT2D eigenvalue weighted by atomic mass is 14.9. The molecule has 1 aromatic carbocycles. The Kier molecular flexibility index (Phi) is 3.67. The van der Waals surface area contributed by atoms with E-state index >= 15 is 0 Å². The lowest BCUT2D eigenvalue weighted by atomic mass is 10.1. The lowest BCUT2D eigenvalue weighted by Crippen LogP contribution is -2.18. The predicted octanol–water partition coefficient (Wildman–Crippen LogP) is 1.73. The van der Waals surface area contributed by atoms with Crippen molar-refractivity contribution in [1.82, 2.24) is 5.32 Å². The predicted molar refractivity (Wildman–Crippen MR) is 53.2 cm³/mol. The van der Waals surface area contributed by atoms with Crippen molar-refractivity contribution in [2.75, 3.05) is 6.54 Å². The molecule has 3 nitrogen and oxygen atoms in total. The molecular formula is C11H11N3. The average Bonchev–Trinajstić information content (AvgIpc) is 2.26. The third-order valence-electron chi connectivity index (χ3n) is 1.91. The summed E-state index contributed by atoms with van der Waals surface area (Å²) in [5.41, 5.74) is 1.51. The van der Waals surface area contributed by atoms with Crippen LogP contribution in [0.2, 0.25) is 0 Å². The molecule has 0 saturated heterocycles. The van der Waals surface area contributed by atoms with Gasteiger partial charge in [0.15, 0.2) is 0 Å². The first-order valence-electron chi connectivity index (χ1n) is 4.45. The molecule has 1 N–H and O–H groups in total. The summed E-state index contributed by atoms with van der Waals surface area (Å²) >= 11 is 0. The van der Waals surface area contributed by atoms with Gasteiger partial charge in [0.1, 0.15) is 6.04 Å². The molecule has 0 bridgehead atoms. The lowest BCUT2D eigenvalue weighted by Gasteiger charge is -2.09. The highest BCUT2D eigenvalue weighted by Crippen LogP contribution is 2.12. The molecule has 1 unspecified atom stereocenters. The largest absolute Gasteiger partial charge is 0.298 e. The normalized spacial score (nSPS) is 11.4. The fourth-order valence-corrected chi connectivity index (χ4v) is 1.19. The van der Waals surface area contributed by atoms with Crippen LogP contribution in [0, 0.1) is 22.7 Å². The van der Waals surface area contributed by atoms with E-state index in [0.29, 0.717) is 5.56 Å². The van der Waals surface area contributed by atoms with Gasteiger partial charge in [-0.1, -0.05) is 19.1 Å². The Bertz CT molecular complexity index is 367. The highest BCUT2D eigenvalue weighted by molar-refractivity contribution is 5.34. The maximum absolute atomic E-state index is 8.86. The number of hydrogen-bond donors (Lipinski definition) is 1. The summed E-state index contributed by atoms with van der Waals surface area (Å²) in [5.74, 6) is 0. The van der Waals surface area contributed by atoms with Gasteiger partial charge in [-0.15, -0.1) is 0 Å². The Morgan fingerprint density at radius 3 is 2.36 bits per heavy atom. The third-order valence-corrected chi connectivity index (χ3v) is 1.91. The topological polar surface area (TPSA) is 59.6 Å². The molecule has 0 saturated carbocycles. The highest BCUT2D eigenvalue weighted by Gasteiger charge is 2.07. The van der Waals surface area contributed by atoms with Gasteiger partial charge in [-0.25, -0.2) is 0 Å². The molecule has 70 valence electrons. The van der Waals surface area contributed by atoms with Crippen LogP contribution in [-0.4, -0.2) is 6.54 Å². The summed E-state index contributed by atoms with van der Waals surface area (Å²) in [6.07, 6.45) is 0. The van der Waals surface area contributed by atoms with Crippen LogP contribution in [0.25, 0.3) is 0 Å². The molecule has 0 radical (unpaired) electrons. The SMILES string of the molecule is CCNC(C#N)c1ccc(C#N)cc1. The number of hydrogen-bond acceptors (Lipinski definition) is 3. The van der Waals surface area contributed by atoms with Gasteiger partial charge in [0.05, 0.1) is 17.7 Å². The summed E-state index contributed by atoms with van der Waals surface area (Å²) < 4.78 is 0. The Morgan fingerprint density at radius 2 is 1.93 bits per heavy atom. The molecule has 0 fully saturated rings. The van der Waals surface area contributed by atoms with Crippen molar-refractivity contribution < 1.29 is 0 Å². The van der Waals surface area contributed by atoms with Crippen LogP contribution < -0.4 is 5.32 Å². The zero-order valence-electron chi connectivity index (χ0n) is 7.99. The quantitative estimate of drug-likeness (QED) is 0.780. The zero-order chi connectivity index (χ0) is 10.4. The first kappa shape index (κ1) is 10.2. The monoisotopic (exact) mass is 185 g/mol. The smallest absolute Gasteiger partial charge is 0.121 e. The maximum Gasteiger partial charge on any atom is 0.121 e. The minimum Gasteiger partial charge on any atom is -0.298 e. The van der Waals surface area contributed by atoms with E-state index in [-0.39, 0.29) is 6.04 Å².